The van der Waals surface area contributed by atoms with E-state index < -0.39 is 12.2 Å². The first-order valence-corrected chi connectivity index (χ1v) is 6.27. The molecule has 1 N–H and O–H groups in total. The lowest BCUT2D eigenvalue weighted by molar-refractivity contribution is -0.155. The first-order chi connectivity index (χ1) is 7.93. The first kappa shape index (κ1) is 14.5. The Morgan fingerprint density at radius 3 is 2.59 bits per heavy atom. The summed E-state index contributed by atoms with van der Waals surface area (Å²) in [5.74, 6) is 0. The van der Waals surface area contributed by atoms with Gasteiger partial charge in [-0.05, 0) is 37.1 Å². The zero-order chi connectivity index (χ0) is 12.9. The van der Waals surface area contributed by atoms with E-state index in [2.05, 4.69) is 21.2 Å². The van der Waals surface area contributed by atoms with Crippen LogP contribution in [-0.2, 0) is 6.42 Å². The van der Waals surface area contributed by atoms with Gasteiger partial charge in [-0.2, -0.15) is 13.2 Å². The first-order valence-electron chi connectivity index (χ1n) is 5.48. The van der Waals surface area contributed by atoms with E-state index in [9.17, 15) is 13.2 Å². The topological polar surface area (TPSA) is 12.0 Å². The third-order valence-corrected chi connectivity index (χ3v) is 2.86. The summed E-state index contributed by atoms with van der Waals surface area (Å²) >= 11 is 3.25. The number of nitrogens with one attached hydrogen (secondary N) is 1. The molecule has 0 saturated carbocycles. The monoisotopic (exact) mass is 309 g/mol. The van der Waals surface area contributed by atoms with E-state index in [1.807, 2.05) is 6.92 Å². The van der Waals surface area contributed by atoms with Crippen molar-refractivity contribution in [1.29, 1.82) is 0 Å². The number of hydrogen-bond donors (Lipinski definition) is 1. The molecule has 1 rings (SSSR count). The minimum atomic E-state index is -4.21. The Hall–Kier alpha value is -0.550. The van der Waals surface area contributed by atoms with Crippen LogP contribution in [0.5, 0.6) is 0 Å². The quantitative estimate of drug-likeness (QED) is 0.869. The van der Waals surface area contributed by atoms with Crippen molar-refractivity contribution >= 4 is 15.9 Å². The Labute approximate surface area is 108 Å². The highest BCUT2D eigenvalue weighted by Crippen LogP contribution is 2.24. The molecule has 0 aliphatic carbocycles. The van der Waals surface area contributed by atoms with Crippen LogP contribution >= 0.6 is 15.9 Å². The van der Waals surface area contributed by atoms with Crippen LogP contribution in [0.1, 0.15) is 18.9 Å². The molecule has 0 bridgehead atoms. The Morgan fingerprint density at radius 2 is 2.06 bits per heavy atom. The standard InChI is InChI=1S/C12H15BrF3N/c1-2-6-17-11(12(14,15)16)8-9-4-3-5-10(13)7-9/h3-5,7,11,17H,2,6,8H2,1H3. The van der Waals surface area contributed by atoms with Crippen LogP contribution < -0.4 is 5.32 Å². The average Bonchev–Trinajstić information content (AvgIpc) is 2.22. The molecule has 0 amide bonds. The number of rotatable bonds is 5. The summed E-state index contributed by atoms with van der Waals surface area (Å²) in [6.07, 6.45) is -3.56. The second kappa shape index (κ2) is 6.40. The van der Waals surface area contributed by atoms with Gasteiger partial charge in [-0.25, -0.2) is 0 Å². The van der Waals surface area contributed by atoms with Gasteiger partial charge in [-0.15, -0.1) is 0 Å². The maximum Gasteiger partial charge on any atom is 0.404 e. The van der Waals surface area contributed by atoms with E-state index in [0.717, 1.165) is 4.47 Å². The van der Waals surface area contributed by atoms with Crippen molar-refractivity contribution in [2.45, 2.75) is 32.0 Å². The van der Waals surface area contributed by atoms with Gasteiger partial charge in [0.05, 0.1) is 0 Å². The molecule has 1 unspecified atom stereocenters. The predicted molar refractivity (Wildman–Crippen MR) is 66.0 cm³/mol. The van der Waals surface area contributed by atoms with Gasteiger partial charge >= 0.3 is 6.18 Å². The van der Waals surface area contributed by atoms with Crippen molar-refractivity contribution < 1.29 is 13.2 Å². The summed E-state index contributed by atoms with van der Waals surface area (Å²) in [4.78, 5) is 0. The van der Waals surface area contributed by atoms with Crippen molar-refractivity contribution in [1.82, 2.24) is 5.32 Å². The van der Waals surface area contributed by atoms with E-state index in [0.29, 0.717) is 18.5 Å². The van der Waals surface area contributed by atoms with Gasteiger partial charge in [0, 0.05) is 4.47 Å². The molecule has 0 heterocycles. The highest BCUT2D eigenvalue weighted by Gasteiger charge is 2.38. The lowest BCUT2D eigenvalue weighted by Crippen LogP contribution is -2.44. The Morgan fingerprint density at radius 1 is 1.35 bits per heavy atom. The smallest absolute Gasteiger partial charge is 0.306 e. The molecule has 1 nitrogen and oxygen atoms in total. The molecule has 1 aromatic carbocycles. The van der Waals surface area contributed by atoms with Gasteiger partial charge in [0.2, 0.25) is 0 Å². The van der Waals surface area contributed by atoms with Gasteiger partial charge in [0.25, 0.3) is 0 Å². The van der Waals surface area contributed by atoms with Crippen LogP contribution in [0.25, 0.3) is 0 Å². The summed E-state index contributed by atoms with van der Waals surface area (Å²) in [7, 11) is 0. The highest BCUT2D eigenvalue weighted by molar-refractivity contribution is 9.10. The molecule has 0 aliphatic heterocycles. The fourth-order valence-electron chi connectivity index (χ4n) is 1.52. The fraction of sp³-hybridized carbons (Fsp3) is 0.500. The van der Waals surface area contributed by atoms with Gasteiger partial charge in [-0.1, -0.05) is 35.0 Å². The Bertz CT molecular complexity index is 352. The Balaban J connectivity index is 2.72. The molecule has 17 heavy (non-hydrogen) atoms. The second-order valence-corrected chi connectivity index (χ2v) is 4.80. The highest BCUT2D eigenvalue weighted by atomic mass is 79.9. The van der Waals surface area contributed by atoms with Crippen molar-refractivity contribution in [3.8, 4) is 0 Å². The van der Waals surface area contributed by atoms with E-state index in [4.69, 9.17) is 0 Å². The van der Waals surface area contributed by atoms with Crippen LogP contribution in [0.3, 0.4) is 0 Å². The number of halogens is 4. The van der Waals surface area contributed by atoms with Crippen LogP contribution in [0.15, 0.2) is 28.7 Å². The number of alkyl halides is 3. The van der Waals surface area contributed by atoms with Crippen LogP contribution in [0.4, 0.5) is 13.2 Å². The zero-order valence-corrected chi connectivity index (χ0v) is 11.1. The van der Waals surface area contributed by atoms with Crippen LogP contribution in [0, 0.1) is 0 Å². The molecule has 0 saturated heterocycles. The number of hydrogen-bond acceptors (Lipinski definition) is 1. The van der Waals surface area contributed by atoms with E-state index in [1.165, 1.54) is 0 Å². The van der Waals surface area contributed by atoms with Crippen LogP contribution in [0.2, 0.25) is 0 Å². The summed E-state index contributed by atoms with van der Waals surface area (Å²) < 4.78 is 39.1. The van der Waals surface area contributed by atoms with Crippen molar-refractivity contribution in [2.75, 3.05) is 6.54 Å². The van der Waals surface area contributed by atoms with Gasteiger partial charge in [-0.3, -0.25) is 0 Å². The largest absolute Gasteiger partial charge is 0.404 e. The summed E-state index contributed by atoms with van der Waals surface area (Å²) in [5.41, 5.74) is 0.672. The Kier molecular flexibility index (Phi) is 5.46. The fourth-order valence-corrected chi connectivity index (χ4v) is 1.97. The third-order valence-electron chi connectivity index (χ3n) is 2.36. The molecule has 0 fully saturated rings. The number of benzene rings is 1. The maximum absolute atomic E-state index is 12.8. The molecule has 0 radical (unpaired) electrons. The molecule has 0 spiro atoms. The van der Waals surface area contributed by atoms with E-state index >= 15 is 0 Å². The summed E-state index contributed by atoms with van der Waals surface area (Å²) in [5, 5.41) is 2.54. The van der Waals surface area contributed by atoms with E-state index in [-0.39, 0.29) is 6.42 Å². The van der Waals surface area contributed by atoms with Crippen molar-refractivity contribution in [3.05, 3.63) is 34.3 Å². The van der Waals surface area contributed by atoms with Crippen molar-refractivity contribution in [3.63, 3.8) is 0 Å². The molecule has 5 heteroatoms. The molecule has 0 aliphatic rings. The summed E-state index contributed by atoms with van der Waals surface area (Å²) in [6, 6.07) is 5.48. The lowest BCUT2D eigenvalue weighted by atomic mass is 10.1. The van der Waals surface area contributed by atoms with Gasteiger partial charge in [0.15, 0.2) is 0 Å². The van der Waals surface area contributed by atoms with Gasteiger partial charge < -0.3 is 5.32 Å². The maximum atomic E-state index is 12.8. The lowest BCUT2D eigenvalue weighted by Gasteiger charge is -2.21. The molecule has 1 atom stereocenters. The zero-order valence-electron chi connectivity index (χ0n) is 9.52. The molecule has 96 valence electrons. The SMILES string of the molecule is CCCNC(Cc1cccc(Br)c1)C(F)(F)F. The second-order valence-electron chi connectivity index (χ2n) is 3.88. The molecular formula is C12H15BrF3N. The van der Waals surface area contributed by atoms with Crippen molar-refractivity contribution in [2.24, 2.45) is 0 Å². The third kappa shape index (κ3) is 5.08. The summed E-state index contributed by atoms with van der Waals surface area (Å²) in [6.45, 7) is 2.22. The predicted octanol–water partition coefficient (Wildman–Crippen LogP) is 3.92. The minimum Gasteiger partial charge on any atom is -0.306 e. The molecule has 1 aromatic rings. The van der Waals surface area contributed by atoms with Crippen LogP contribution in [-0.4, -0.2) is 18.8 Å². The molecule has 0 aromatic heterocycles. The average molecular weight is 310 g/mol. The normalized spacial score (nSPS) is 13.7. The van der Waals surface area contributed by atoms with E-state index in [1.54, 1.807) is 24.3 Å². The minimum absolute atomic E-state index is 0.0387. The molecular weight excluding hydrogens is 295 g/mol. The van der Waals surface area contributed by atoms with Gasteiger partial charge in [0.1, 0.15) is 6.04 Å².